The normalized spacial score (nSPS) is 58.6. The smallest absolute Gasteiger partial charge is 0.158 e. The van der Waals surface area contributed by atoms with Crippen LogP contribution in [0, 0.1) is 35.5 Å². The van der Waals surface area contributed by atoms with E-state index in [4.69, 9.17) is 0 Å². The Kier molecular flexibility index (Phi) is 1.74. The van der Waals surface area contributed by atoms with Gasteiger partial charge in [-0.3, -0.25) is 4.79 Å². The fourth-order valence-corrected chi connectivity index (χ4v) is 8.83. The molecule has 3 fully saturated rings. The predicted molar refractivity (Wildman–Crippen MR) is 70.0 cm³/mol. The van der Waals surface area contributed by atoms with E-state index in [0.29, 0.717) is 0 Å². The second-order valence-corrected chi connectivity index (χ2v) is 9.14. The molecule has 3 nitrogen and oxygen atoms in total. The third-order valence-electron chi connectivity index (χ3n) is 6.19. The van der Waals surface area contributed by atoms with Crippen molar-refractivity contribution in [3.8, 4) is 0 Å². The van der Waals surface area contributed by atoms with E-state index >= 15 is 0 Å². The second-order valence-electron chi connectivity index (χ2n) is 6.87. The minimum atomic E-state index is -3.16. The molecule has 5 rings (SSSR count). The van der Waals surface area contributed by atoms with Gasteiger partial charge in [0.05, 0.1) is 10.5 Å². The highest BCUT2D eigenvalue weighted by molar-refractivity contribution is 7.92. The highest BCUT2D eigenvalue weighted by Gasteiger charge is 2.67. The molecule has 1 saturated heterocycles. The van der Waals surface area contributed by atoms with Crippen molar-refractivity contribution in [2.75, 3.05) is 0 Å². The number of hydrogen-bond donors (Lipinski definition) is 0. The molecule has 0 radical (unpaired) electrons. The minimum Gasteiger partial charge on any atom is -0.299 e. The van der Waals surface area contributed by atoms with Crippen LogP contribution in [0.1, 0.15) is 12.8 Å². The molecule has 0 N–H and O–H groups in total. The Balaban J connectivity index is 1.72. The highest BCUT2D eigenvalue weighted by atomic mass is 32.2. The molecule has 1 aliphatic heterocycles. The molecule has 0 aromatic rings. The maximum absolute atomic E-state index is 13.0. The largest absolute Gasteiger partial charge is 0.299 e. The number of carbonyl (C=O) groups is 1. The topological polar surface area (TPSA) is 51.2 Å². The third kappa shape index (κ3) is 1.04. The molecular formula is C15H16O3S. The molecule has 1 heterocycles. The molecule has 0 spiro atoms. The lowest BCUT2D eigenvalue weighted by molar-refractivity contribution is -0.128. The van der Waals surface area contributed by atoms with Gasteiger partial charge in [-0.2, -0.15) is 0 Å². The summed E-state index contributed by atoms with van der Waals surface area (Å²) >= 11 is 0. The SMILES string of the molecule is O=C1[C@@H]2[C@H]([C@H]3C=C[C@H]2C3)S(=O)(=O)[C@@H]2[C@H]1[C@H]1C=C[C@H]2C1. The lowest BCUT2D eigenvalue weighted by Gasteiger charge is -2.41. The summed E-state index contributed by atoms with van der Waals surface area (Å²) in [5.41, 5.74) is 0. The zero-order chi connectivity index (χ0) is 12.9. The summed E-state index contributed by atoms with van der Waals surface area (Å²) in [6.07, 6.45) is 10.0. The number of rotatable bonds is 0. The molecule has 19 heavy (non-hydrogen) atoms. The van der Waals surface area contributed by atoms with Gasteiger partial charge in [0.2, 0.25) is 0 Å². The van der Waals surface area contributed by atoms with Crippen LogP contribution in [0.15, 0.2) is 24.3 Å². The van der Waals surface area contributed by atoms with Crippen LogP contribution in [0.5, 0.6) is 0 Å². The summed E-state index contributed by atoms with van der Waals surface area (Å²) in [7, 11) is -3.16. The molecule has 100 valence electrons. The van der Waals surface area contributed by atoms with Gasteiger partial charge in [-0.25, -0.2) is 8.42 Å². The Labute approximate surface area is 112 Å². The van der Waals surface area contributed by atoms with Crippen molar-refractivity contribution in [1.82, 2.24) is 0 Å². The maximum Gasteiger partial charge on any atom is 0.158 e. The Hall–Kier alpha value is -0.900. The molecule has 0 unspecified atom stereocenters. The summed E-state index contributed by atoms with van der Waals surface area (Å²) < 4.78 is 26.0. The molecule has 2 saturated carbocycles. The summed E-state index contributed by atoms with van der Waals surface area (Å²) in [5, 5.41) is -0.798. The van der Waals surface area contributed by atoms with Gasteiger partial charge in [-0.15, -0.1) is 0 Å². The molecule has 0 amide bonds. The van der Waals surface area contributed by atoms with Crippen molar-refractivity contribution in [1.29, 1.82) is 0 Å². The Bertz CT molecular complexity index is 596. The highest BCUT2D eigenvalue weighted by Crippen LogP contribution is 2.59. The van der Waals surface area contributed by atoms with Crippen LogP contribution in [0.25, 0.3) is 0 Å². The second kappa shape index (κ2) is 3.05. The lowest BCUT2D eigenvalue weighted by atomic mass is 9.77. The van der Waals surface area contributed by atoms with Gasteiger partial charge >= 0.3 is 0 Å². The van der Waals surface area contributed by atoms with E-state index in [-0.39, 0.29) is 41.3 Å². The van der Waals surface area contributed by atoms with Crippen LogP contribution in [-0.4, -0.2) is 24.7 Å². The van der Waals surface area contributed by atoms with E-state index in [1.807, 2.05) is 12.2 Å². The van der Waals surface area contributed by atoms with Crippen LogP contribution in [-0.2, 0) is 14.6 Å². The number of Topliss-reactive ketones (excluding diaryl/α,β-unsaturated/α-hetero) is 1. The first kappa shape index (κ1) is 10.8. The van der Waals surface area contributed by atoms with Gasteiger partial charge in [0.15, 0.2) is 9.84 Å². The number of allylic oxidation sites excluding steroid dienone is 4. The van der Waals surface area contributed by atoms with Crippen molar-refractivity contribution in [2.45, 2.75) is 23.3 Å². The van der Waals surface area contributed by atoms with Gasteiger partial charge in [-0.05, 0) is 36.5 Å². The van der Waals surface area contributed by atoms with Crippen molar-refractivity contribution in [3.63, 3.8) is 0 Å². The van der Waals surface area contributed by atoms with Gasteiger partial charge in [0.25, 0.3) is 0 Å². The fourth-order valence-electron chi connectivity index (χ4n) is 5.60. The lowest BCUT2D eigenvalue weighted by Crippen LogP contribution is -2.55. The third-order valence-corrected chi connectivity index (χ3v) is 8.99. The van der Waals surface area contributed by atoms with Gasteiger partial charge in [-0.1, -0.05) is 24.3 Å². The average molecular weight is 276 g/mol. The van der Waals surface area contributed by atoms with Crippen LogP contribution in [0.3, 0.4) is 0 Å². The van der Waals surface area contributed by atoms with Gasteiger partial charge < -0.3 is 0 Å². The van der Waals surface area contributed by atoms with Crippen molar-refractivity contribution in [3.05, 3.63) is 24.3 Å². The number of fused-ring (bicyclic) bond motifs is 10. The van der Waals surface area contributed by atoms with Crippen molar-refractivity contribution < 1.29 is 13.2 Å². The van der Waals surface area contributed by atoms with E-state index in [1.165, 1.54) is 0 Å². The van der Waals surface area contributed by atoms with Crippen LogP contribution in [0.4, 0.5) is 0 Å². The molecule has 0 aromatic carbocycles. The summed E-state index contributed by atoms with van der Waals surface area (Å²) in [6.45, 7) is 0. The Morgan fingerprint density at radius 3 is 1.68 bits per heavy atom. The zero-order valence-corrected chi connectivity index (χ0v) is 11.3. The van der Waals surface area contributed by atoms with E-state index in [9.17, 15) is 13.2 Å². The van der Waals surface area contributed by atoms with Crippen LogP contribution >= 0.6 is 0 Å². The van der Waals surface area contributed by atoms with E-state index < -0.39 is 20.3 Å². The van der Waals surface area contributed by atoms with Crippen LogP contribution < -0.4 is 0 Å². The molecule has 5 aliphatic rings. The predicted octanol–water partition coefficient (Wildman–Crippen LogP) is 1.37. The quantitative estimate of drug-likeness (QED) is 0.628. The fraction of sp³-hybridized carbons (Fsp3) is 0.667. The number of hydrogen-bond acceptors (Lipinski definition) is 3. The minimum absolute atomic E-state index is 0.105. The zero-order valence-electron chi connectivity index (χ0n) is 10.5. The molecule has 4 bridgehead atoms. The van der Waals surface area contributed by atoms with Crippen molar-refractivity contribution in [2.24, 2.45) is 35.5 Å². The monoisotopic (exact) mass is 276 g/mol. The first-order valence-corrected chi connectivity index (χ1v) is 8.83. The van der Waals surface area contributed by atoms with E-state index in [0.717, 1.165) is 12.8 Å². The van der Waals surface area contributed by atoms with E-state index in [1.54, 1.807) is 0 Å². The summed E-state index contributed by atoms with van der Waals surface area (Å²) in [4.78, 5) is 12.8. The Morgan fingerprint density at radius 1 is 0.789 bits per heavy atom. The standard InChI is InChI=1S/C15H16O3S/c16-13-11-7-1-3-9(5-7)14(11)19(17,18)15-10-4-2-8(6-10)12(13)15/h1-4,7-12,14-15H,5-6H2/t7-,8-,9-,10-,11-,12+,14-,15-/m0/s1. The first-order chi connectivity index (χ1) is 9.09. The van der Waals surface area contributed by atoms with Gasteiger partial charge in [0.1, 0.15) is 5.78 Å². The maximum atomic E-state index is 13.0. The molecule has 8 atom stereocenters. The number of sulfone groups is 1. The summed E-state index contributed by atoms with van der Waals surface area (Å²) in [5.74, 6) is 0.408. The van der Waals surface area contributed by atoms with Gasteiger partial charge in [0, 0.05) is 11.8 Å². The average Bonchev–Trinajstić information content (AvgIpc) is 3.11. The summed E-state index contributed by atoms with van der Waals surface area (Å²) in [6, 6.07) is 0. The molecule has 4 heteroatoms. The molecule has 0 aromatic heterocycles. The van der Waals surface area contributed by atoms with Crippen molar-refractivity contribution >= 4 is 15.6 Å². The number of carbonyl (C=O) groups excluding carboxylic acids is 1. The number of ketones is 1. The van der Waals surface area contributed by atoms with E-state index in [2.05, 4.69) is 12.2 Å². The molecule has 4 aliphatic carbocycles. The van der Waals surface area contributed by atoms with Crippen LogP contribution in [0.2, 0.25) is 0 Å². The molecular weight excluding hydrogens is 260 g/mol. The Morgan fingerprint density at radius 2 is 1.21 bits per heavy atom. The first-order valence-electron chi connectivity index (χ1n) is 7.22.